The molecule has 0 saturated heterocycles. The monoisotopic (exact) mass is 1390 g/mol. The van der Waals surface area contributed by atoms with Gasteiger partial charge in [0.25, 0.3) is 0 Å². The van der Waals surface area contributed by atoms with Crippen LogP contribution in [0.3, 0.4) is 0 Å². The van der Waals surface area contributed by atoms with E-state index in [1.807, 2.05) is 110 Å². The molecule has 0 fully saturated rings. The van der Waals surface area contributed by atoms with Crippen molar-refractivity contribution in [3.8, 4) is 34.5 Å². The third kappa shape index (κ3) is 32.2. The maximum Gasteiger partial charge on any atom is 0.128 e. The van der Waals surface area contributed by atoms with E-state index in [2.05, 4.69) is 77.9 Å². The average Bonchev–Trinajstić information content (AvgIpc) is 0.846. The van der Waals surface area contributed by atoms with Crippen molar-refractivity contribution in [2.75, 3.05) is 39.6 Å². The van der Waals surface area contributed by atoms with Crippen molar-refractivity contribution in [1.29, 1.82) is 0 Å². The first kappa shape index (κ1) is 81.4. The molecule has 0 unspecified atom stereocenters. The van der Waals surface area contributed by atoms with E-state index in [0.29, 0.717) is 39.6 Å². The van der Waals surface area contributed by atoms with Crippen LogP contribution < -0.4 is 28.4 Å². The highest BCUT2D eigenvalue weighted by atomic mass is 16.5. The van der Waals surface area contributed by atoms with Crippen LogP contribution in [0.1, 0.15) is 273 Å². The zero-order valence-corrected chi connectivity index (χ0v) is 63.7. The van der Waals surface area contributed by atoms with Gasteiger partial charge in [0.2, 0.25) is 0 Å². The van der Waals surface area contributed by atoms with E-state index in [0.717, 1.165) is 177 Å². The van der Waals surface area contributed by atoms with Crippen molar-refractivity contribution in [1.82, 2.24) is 29.9 Å². The maximum absolute atomic E-state index is 6.60. The maximum atomic E-state index is 6.60. The van der Waals surface area contributed by atoms with E-state index in [1.54, 1.807) is 0 Å². The smallest absolute Gasteiger partial charge is 0.128 e. The van der Waals surface area contributed by atoms with Crippen molar-refractivity contribution in [2.24, 2.45) is 0 Å². The number of benzene rings is 6. The summed E-state index contributed by atoms with van der Waals surface area (Å²) in [4.78, 5) is 31.0. The average molecular weight is 1390 g/mol. The number of nitrogens with zero attached hydrogens (tertiary/aromatic N) is 6. The Kier molecular flexibility index (Phi) is 41.0. The molecule has 0 saturated carbocycles. The van der Waals surface area contributed by atoms with E-state index < -0.39 is 0 Å². The van der Waals surface area contributed by atoms with Crippen molar-refractivity contribution in [2.45, 2.75) is 273 Å². The Morgan fingerprint density at radius 3 is 0.461 bits per heavy atom. The summed E-state index contributed by atoms with van der Waals surface area (Å²) in [6.07, 6.45) is 53.6. The van der Waals surface area contributed by atoms with Gasteiger partial charge in [0.15, 0.2) is 0 Å². The summed E-state index contributed by atoms with van der Waals surface area (Å²) in [5.74, 6) is 4.54. The summed E-state index contributed by atoms with van der Waals surface area (Å²) in [6.45, 7) is 17.2. The van der Waals surface area contributed by atoms with Crippen LogP contribution in [-0.2, 0) is 0 Å². The second-order valence-corrected chi connectivity index (χ2v) is 27.6. The molecule has 7 rings (SSSR count). The molecule has 7 aromatic rings. The Balaban J connectivity index is 1.45. The van der Waals surface area contributed by atoms with Gasteiger partial charge in [-0.15, -0.1) is 0 Å². The number of fused-ring (bicyclic) bond motifs is 12. The van der Waals surface area contributed by atoms with Crippen molar-refractivity contribution in [3.63, 3.8) is 0 Å². The van der Waals surface area contributed by atoms with Crippen molar-refractivity contribution >= 4 is 65.4 Å². The summed E-state index contributed by atoms with van der Waals surface area (Å²) < 4.78 is 39.6. The van der Waals surface area contributed by atoms with Crippen LogP contribution >= 0.6 is 0 Å². The van der Waals surface area contributed by atoms with Crippen LogP contribution in [0.15, 0.2) is 146 Å². The van der Waals surface area contributed by atoms with Gasteiger partial charge in [-0.2, -0.15) is 0 Å². The number of unbranched alkanes of at least 4 members (excludes halogenated alkanes) is 30. The van der Waals surface area contributed by atoms with Gasteiger partial charge in [-0.25, -0.2) is 0 Å². The lowest BCUT2D eigenvalue weighted by atomic mass is 10.1. The highest BCUT2D eigenvalue weighted by Crippen LogP contribution is 2.29. The number of aromatic nitrogens is 6. The molecule has 12 bridgehead atoms. The lowest BCUT2D eigenvalue weighted by Crippen LogP contribution is -1.98. The lowest BCUT2D eigenvalue weighted by Gasteiger charge is -2.09. The molecular weight excluding hydrogens is 1260 g/mol. The standard InChI is InChI=1S/C90H126N6O6/c1-7-13-19-25-31-37-55-97-85-49-43-79-61-73(85)67-91-80-44-50-86(98-56-38-32-26-20-14-8-2)74(62-80)69-93-82-46-52-88(100-58-40-34-28-22-16-10-4)76(64-82)71-95-84-48-54-90(102-60-42-36-30-24-18-12-6)78(66-84)72-96-83-47-53-89(101-59-41-35-29-23-17-11-5)77(65-83)70-94-81-45-51-87(75(63-81)68-92-79)99-57-39-33-27-21-15-9-3/h43-54,61-72H,7-42,55-60H2,1-6H3. The van der Waals surface area contributed by atoms with E-state index in [-0.39, 0.29) is 0 Å². The predicted octanol–water partition coefficient (Wildman–Crippen LogP) is 26.5. The molecule has 102 heavy (non-hydrogen) atoms. The van der Waals surface area contributed by atoms with Gasteiger partial charge in [-0.05, 0) is 148 Å². The number of hydrogen-bond acceptors (Lipinski definition) is 12. The number of ether oxygens (including phenoxy) is 6. The topological polar surface area (TPSA) is 133 Å². The molecule has 1 heterocycles. The van der Waals surface area contributed by atoms with Gasteiger partial charge < -0.3 is 28.4 Å². The minimum Gasteiger partial charge on any atom is -0.493 e. The largest absolute Gasteiger partial charge is 0.493 e. The second kappa shape index (κ2) is 51.3. The normalized spacial score (nSPS) is 11.1. The fourth-order valence-corrected chi connectivity index (χ4v) is 12.3. The zero-order valence-electron chi connectivity index (χ0n) is 63.7. The SMILES string of the molecule is CCCCCCCCOc1ccc2cc1cnc1ccc(OCCCCCCCC)c(cnc3ccc(OCCCCCCCC)c(cnc4ccc(OCCCCCCCC)c(cnc5ccc(OCCCCCCCC)c(cnc6ccc(OCCCCCCCC)c(cn2)c6)c5)c4)c3)c1. The fraction of sp³-hybridized carbons (Fsp3) is 0.533. The molecule has 0 aliphatic carbocycles. The molecule has 12 nitrogen and oxygen atoms in total. The summed E-state index contributed by atoms with van der Waals surface area (Å²) in [6, 6.07) is 36.6. The minimum atomic E-state index is 0.611. The first-order valence-electron chi connectivity index (χ1n) is 40.3. The predicted molar refractivity (Wildman–Crippen MR) is 431 cm³/mol. The molecule has 0 atom stereocenters. The Morgan fingerprint density at radius 1 is 0.176 bits per heavy atom. The zero-order chi connectivity index (χ0) is 71.5. The van der Waals surface area contributed by atoms with Crippen molar-refractivity contribution < 1.29 is 28.4 Å². The molecule has 0 aliphatic rings. The third-order valence-electron chi connectivity index (χ3n) is 18.6. The Morgan fingerprint density at radius 2 is 0.314 bits per heavy atom. The molecule has 552 valence electrons. The second-order valence-electron chi connectivity index (χ2n) is 27.6. The highest BCUT2D eigenvalue weighted by Gasteiger charge is 2.08. The highest BCUT2D eigenvalue weighted by molar-refractivity contribution is 5.78. The Labute approximate surface area is 613 Å². The number of hydrogen-bond donors (Lipinski definition) is 0. The summed E-state index contributed by atoms with van der Waals surface area (Å²) >= 11 is 0. The van der Waals surface area contributed by atoms with E-state index >= 15 is 0 Å². The van der Waals surface area contributed by atoms with Gasteiger partial charge in [0.1, 0.15) is 34.5 Å². The van der Waals surface area contributed by atoms with Crippen LogP contribution in [0.4, 0.5) is 0 Å². The molecular formula is C90H126N6O6. The molecule has 12 heteroatoms. The first-order valence-corrected chi connectivity index (χ1v) is 40.3. The summed E-state index contributed by atoms with van der Waals surface area (Å²) in [7, 11) is 0. The molecule has 1 aromatic heterocycles. The van der Waals surface area contributed by atoms with Crippen LogP contribution in [0.25, 0.3) is 65.4 Å². The van der Waals surface area contributed by atoms with Gasteiger partial charge >= 0.3 is 0 Å². The van der Waals surface area contributed by atoms with Crippen LogP contribution in [0.5, 0.6) is 34.5 Å². The Hall–Kier alpha value is -7.86. The van der Waals surface area contributed by atoms with Crippen LogP contribution in [-0.4, -0.2) is 69.5 Å². The number of rotatable bonds is 48. The molecule has 6 aromatic carbocycles. The molecule has 0 radical (unpaired) electrons. The molecule has 0 N–H and O–H groups in total. The quantitative estimate of drug-likeness (QED) is 0.0336. The minimum absolute atomic E-state index is 0.611. The van der Waals surface area contributed by atoms with E-state index in [1.165, 1.54) is 154 Å². The fourth-order valence-electron chi connectivity index (χ4n) is 12.3. The van der Waals surface area contributed by atoms with Gasteiger partial charge in [0, 0.05) is 69.5 Å². The summed E-state index contributed by atoms with van der Waals surface area (Å²) in [5.41, 5.74) is 4.51. The Bertz CT molecular complexity index is 3200. The molecule has 0 spiro atoms. The van der Waals surface area contributed by atoms with E-state index in [9.17, 15) is 0 Å². The van der Waals surface area contributed by atoms with Crippen LogP contribution in [0, 0.1) is 0 Å². The van der Waals surface area contributed by atoms with Gasteiger partial charge in [-0.1, -0.05) is 234 Å². The molecule has 0 aliphatic heterocycles. The van der Waals surface area contributed by atoms with Gasteiger partial charge in [0.05, 0.1) is 72.7 Å². The van der Waals surface area contributed by atoms with Crippen LogP contribution in [0.2, 0.25) is 0 Å². The van der Waals surface area contributed by atoms with E-state index in [4.69, 9.17) is 58.3 Å². The first-order chi connectivity index (χ1) is 50.4. The third-order valence-corrected chi connectivity index (χ3v) is 18.6. The molecule has 0 amide bonds. The van der Waals surface area contributed by atoms with Gasteiger partial charge in [-0.3, -0.25) is 29.9 Å². The summed E-state index contributed by atoms with van der Waals surface area (Å²) in [5, 5.41) is 4.94. The lowest BCUT2D eigenvalue weighted by molar-refractivity contribution is 0.307. The van der Waals surface area contributed by atoms with Crippen molar-refractivity contribution in [3.05, 3.63) is 146 Å².